The number of hydrogen-bond donors (Lipinski definition) is 2. The lowest BCUT2D eigenvalue weighted by Crippen LogP contribution is -2.50. The van der Waals surface area contributed by atoms with Gasteiger partial charge in [-0.3, -0.25) is 4.79 Å². The topological polar surface area (TPSA) is 70.7 Å². The highest BCUT2D eigenvalue weighted by Crippen LogP contribution is 2.24. The zero-order chi connectivity index (χ0) is 19.8. The number of benzene rings is 1. The van der Waals surface area contributed by atoms with Crippen molar-refractivity contribution in [2.75, 3.05) is 26.7 Å². The van der Waals surface area contributed by atoms with Crippen LogP contribution in [-0.2, 0) is 11.2 Å². The summed E-state index contributed by atoms with van der Waals surface area (Å²) >= 11 is 0. The molecule has 1 saturated carbocycles. The molecule has 0 bridgehead atoms. The quantitative estimate of drug-likeness (QED) is 0.788. The van der Waals surface area contributed by atoms with Gasteiger partial charge in [0, 0.05) is 31.6 Å². The van der Waals surface area contributed by atoms with Gasteiger partial charge in [0.2, 0.25) is 5.91 Å². The van der Waals surface area contributed by atoms with Crippen molar-refractivity contribution in [3.8, 4) is 5.75 Å². The van der Waals surface area contributed by atoms with Crippen molar-refractivity contribution in [3.05, 3.63) is 29.8 Å². The second-order valence-electron chi connectivity index (χ2n) is 7.94. The summed E-state index contributed by atoms with van der Waals surface area (Å²) in [7, 11) is 1.65. The van der Waals surface area contributed by atoms with Crippen molar-refractivity contribution in [2.45, 2.75) is 57.4 Å². The summed E-state index contributed by atoms with van der Waals surface area (Å²) < 4.78 is 5.23. The van der Waals surface area contributed by atoms with Crippen molar-refractivity contribution >= 4 is 11.9 Å². The largest absolute Gasteiger partial charge is 0.497 e. The second kappa shape index (κ2) is 10.3. The van der Waals surface area contributed by atoms with E-state index in [1.807, 2.05) is 29.2 Å². The SMILES string of the molecule is COc1cccc(CCNC(=O)N2CCC(NC(=O)C3CCCCC3)CC2)c1. The van der Waals surface area contributed by atoms with Crippen molar-refractivity contribution in [1.29, 1.82) is 0 Å². The molecule has 154 valence electrons. The molecule has 0 spiro atoms. The van der Waals surface area contributed by atoms with E-state index in [4.69, 9.17) is 4.74 Å². The van der Waals surface area contributed by atoms with Crippen LogP contribution in [0.2, 0.25) is 0 Å². The van der Waals surface area contributed by atoms with E-state index in [9.17, 15) is 9.59 Å². The first-order valence-corrected chi connectivity index (χ1v) is 10.6. The number of amides is 3. The Labute approximate surface area is 168 Å². The molecule has 1 aliphatic heterocycles. The van der Waals surface area contributed by atoms with E-state index >= 15 is 0 Å². The van der Waals surface area contributed by atoms with Gasteiger partial charge in [-0.2, -0.15) is 0 Å². The first-order valence-electron chi connectivity index (χ1n) is 10.6. The molecule has 2 aliphatic rings. The third kappa shape index (κ3) is 5.88. The summed E-state index contributed by atoms with van der Waals surface area (Å²) in [6.45, 7) is 1.99. The minimum Gasteiger partial charge on any atom is -0.497 e. The Kier molecular flexibility index (Phi) is 7.57. The number of urea groups is 1. The molecular weight excluding hydrogens is 354 g/mol. The molecule has 6 heteroatoms. The molecular formula is C22H33N3O3. The van der Waals surface area contributed by atoms with E-state index in [0.717, 1.165) is 43.4 Å². The van der Waals surface area contributed by atoms with Crippen LogP contribution >= 0.6 is 0 Å². The van der Waals surface area contributed by atoms with Crippen molar-refractivity contribution in [1.82, 2.24) is 15.5 Å². The standard InChI is InChI=1S/C22H33N3O3/c1-28-20-9-5-6-17(16-20)10-13-23-22(27)25-14-11-19(12-15-25)24-21(26)18-7-3-2-4-8-18/h5-6,9,16,18-19H,2-4,7-8,10-15H2,1H3,(H,23,27)(H,24,26). The van der Waals surface area contributed by atoms with Crippen LogP contribution in [0.15, 0.2) is 24.3 Å². The third-order valence-electron chi connectivity index (χ3n) is 5.93. The van der Waals surface area contributed by atoms with Gasteiger partial charge in [-0.15, -0.1) is 0 Å². The Hall–Kier alpha value is -2.24. The van der Waals surface area contributed by atoms with Crippen LogP contribution in [0.4, 0.5) is 4.79 Å². The molecule has 1 aromatic rings. The summed E-state index contributed by atoms with van der Waals surface area (Å²) in [6.07, 6.45) is 8.11. The molecule has 2 fully saturated rings. The summed E-state index contributed by atoms with van der Waals surface area (Å²) in [5.41, 5.74) is 1.14. The molecule has 0 radical (unpaired) electrons. The third-order valence-corrected chi connectivity index (χ3v) is 5.93. The number of likely N-dealkylation sites (tertiary alicyclic amines) is 1. The maximum absolute atomic E-state index is 12.4. The van der Waals surface area contributed by atoms with Crippen LogP contribution in [-0.4, -0.2) is 49.6 Å². The molecule has 1 saturated heterocycles. The van der Waals surface area contributed by atoms with Gasteiger partial charge >= 0.3 is 6.03 Å². The van der Waals surface area contributed by atoms with E-state index in [1.54, 1.807) is 7.11 Å². The average molecular weight is 388 g/mol. The number of piperidine rings is 1. The molecule has 1 heterocycles. The van der Waals surface area contributed by atoms with Gasteiger partial charge in [0.05, 0.1) is 7.11 Å². The van der Waals surface area contributed by atoms with Gasteiger partial charge in [-0.1, -0.05) is 31.4 Å². The van der Waals surface area contributed by atoms with Gasteiger partial charge in [-0.25, -0.2) is 4.79 Å². The maximum atomic E-state index is 12.4. The molecule has 6 nitrogen and oxygen atoms in total. The smallest absolute Gasteiger partial charge is 0.317 e. The predicted molar refractivity (Wildman–Crippen MR) is 109 cm³/mol. The molecule has 0 unspecified atom stereocenters. The first-order chi connectivity index (χ1) is 13.7. The van der Waals surface area contributed by atoms with Crippen LogP contribution < -0.4 is 15.4 Å². The lowest BCUT2D eigenvalue weighted by atomic mass is 9.88. The number of hydrogen-bond acceptors (Lipinski definition) is 3. The fourth-order valence-corrected chi connectivity index (χ4v) is 4.16. The molecule has 0 aromatic heterocycles. The number of nitrogens with one attached hydrogen (secondary N) is 2. The van der Waals surface area contributed by atoms with Gasteiger partial charge in [0.1, 0.15) is 5.75 Å². The first kappa shape index (κ1) is 20.5. The Morgan fingerprint density at radius 1 is 1.11 bits per heavy atom. The highest BCUT2D eigenvalue weighted by atomic mass is 16.5. The molecule has 28 heavy (non-hydrogen) atoms. The summed E-state index contributed by atoms with van der Waals surface area (Å²) in [4.78, 5) is 26.6. The lowest BCUT2D eigenvalue weighted by Gasteiger charge is -2.33. The molecule has 0 atom stereocenters. The van der Waals surface area contributed by atoms with Crippen LogP contribution in [0.3, 0.4) is 0 Å². The number of carbonyl (C=O) groups is 2. The fraction of sp³-hybridized carbons (Fsp3) is 0.636. The minimum atomic E-state index is -0.0139. The van der Waals surface area contributed by atoms with Crippen LogP contribution in [0.1, 0.15) is 50.5 Å². The number of rotatable bonds is 6. The highest BCUT2D eigenvalue weighted by Gasteiger charge is 2.27. The maximum Gasteiger partial charge on any atom is 0.317 e. The van der Waals surface area contributed by atoms with Gasteiger partial charge in [0.25, 0.3) is 0 Å². The molecule has 3 amide bonds. The summed E-state index contributed by atoms with van der Waals surface area (Å²) in [5, 5.41) is 6.22. The van der Waals surface area contributed by atoms with Gasteiger partial charge < -0.3 is 20.3 Å². The number of carbonyl (C=O) groups excluding carboxylic acids is 2. The van der Waals surface area contributed by atoms with E-state index in [1.165, 1.54) is 19.3 Å². The Morgan fingerprint density at radius 3 is 2.57 bits per heavy atom. The zero-order valence-electron chi connectivity index (χ0n) is 16.9. The fourth-order valence-electron chi connectivity index (χ4n) is 4.16. The highest BCUT2D eigenvalue weighted by molar-refractivity contribution is 5.79. The van der Waals surface area contributed by atoms with E-state index in [-0.39, 0.29) is 23.9 Å². The van der Waals surface area contributed by atoms with Crippen LogP contribution in [0, 0.1) is 5.92 Å². The number of methoxy groups -OCH3 is 1. The number of ether oxygens (including phenoxy) is 1. The second-order valence-corrected chi connectivity index (χ2v) is 7.94. The average Bonchev–Trinajstić information content (AvgIpc) is 2.75. The summed E-state index contributed by atoms with van der Waals surface area (Å²) in [5.74, 6) is 1.26. The van der Waals surface area contributed by atoms with Crippen molar-refractivity contribution < 1.29 is 14.3 Å². The Balaban J connectivity index is 1.34. The Bertz CT molecular complexity index is 650. The number of nitrogens with zero attached hydrogens (tertiary/aromatic N) is 1. The molecule has 1 aromatic carbocycles. The predicted octanol–water partition coefficient (Wildman–Crippen LogP) is 3.11. The van der Waals surface area contributed by atoms with Gasteiger partial charge in [0.15, 0.2) is 0 Å². The Morgan fingerprint density at radius 2 is 1.86 bits per heavy atom. The van der Waals surface area contributed by atoms with Crippen LogP contribution in [0.25, 0.3) is 0 Å². The summed E-state index contributed by atoms with van der Waals surface area (Å²) in [6, 6.07) is 8.10. The zero-order valence-corrected chi connectivity index (χ0v) is 16.9. The monoisotopic (exact) mass is 387 g/mol. The lowest BCUT2D eigenvalue weighted by molar-refractivity contribution is -0.126. The normalized spacial score (nSPS) is 18.5. The molecule has 3 rings (SSSR count). The van der Waals surface area contributed by atoms with E-state index in [0.29, 0.717) is 19.6 Å². The van der Waals surface area contributed by atoms with Crippen molar-refractivity contribution in [2.24, 2.45) is 5.92 Å². The van der Waals surface area contributed by atoms with E-state index < -0.39 is 0 Å². The minimum absolute atomic E-state index is 0.0139. The molecule has 1 aliphatic carbocycles. The van der Waals surface area contributed by atoms with E-state index in [2.05, 4.69) is 10.6 Å². The molecule has 2 N–H and O–H groups in total. The van der Waals surface area contributed by atoms with Crippen LogP contribution in [0.5, 0.6) is 5.75 Å². The van der Waals surface area contributed by atoms with Crippen molar-refractivity contribution in [3.63, 3.8) is 0 Å². The van der Waals surface area contributed by atoms with Gasteiger partial charge in [-0.05, 0) is 49.8 Å².